The number of rotatable bonds is 3. The Morgan fingerprint density at radius 2 is 1.96 bits per heavy atom. The number of hydrogen-bond donors (Lipinski definition) is 1. The van der Waals surface area contributed by atoms with Crippen molar-refractivity contribution >= 4 is 17.0 Å². The van der Waals surface area contributed by atoms with Crippen molar-refractivity contribution in [2.24, 2.45) is 5.73 Å². The van der Waals surface area contributed by atoms with Gasteiger partial charge in [-0.2, -0.15) is 10.5 Å². The van der Waals surface area contributed by atoms with Crippen molar-refractivity contribution in [2.75, 3.05) is 18.0 Å². The van der Waals surface area contributed by atoms with E-state index < -0.39 is 0 Å². The van der Waals surface area contributed by atoms with Crippen LogP contribution >= 0.6 is 0 Å². The minimum Gasteiger partial charge on any atom is -0.341 e. The number of nitrogens with two attached hydrogens (primary N) is 1. The number of nitrogens with zero attached hydrogens (tertiary/aromatic N) is 6. The van der Waals surface area contributed by atoms with Crippen LogP contribution in [0.15, 0.2) is 36.5 Å². The molecule has 4 rings (SSSR count). The molecule has 1 atom stereocenters. The Morgan fingerprint density at radius 1 is 1.15 bits per heavy atom. The molecule has 3 aromatic rings. The highest BCUT2D eigenvalue weighted by Crippen LogP contribution is 2.26. The fourth-order valence-corrected chi connectivity index (χ4v) is 3.52. The Kier molecular flexibility index (Phi) is 4.45. The van der Waals surface area contributed by atoms with E-state index in [4.69, 9.17) is 16.0 Å². The van der Waals surface area contributed by atoms with Gasteiger partial charge in [0.15, 0.2) is 0 Å². The first-order valence-corrected chi connectivity index (χ1v) is 8.94. The lowest BCUT2D eigenvalue weighted by molar-refractivity contribution is 0.495. The maximum atomic E-state index is 9.19. The van der Waals surface area contributed by atoms with Crippen molar-refractivity contribution in [3.05, 3.63) is 53.3 Å². The van der Waals surface area contributed by atoms with Crippen molar-refractivity contribution in [3.63, 3.8) is 0 Å². The van der Waals surface area contributed by atoms with Crippen LogP contribution in [-0.2, 0) is 6.54 Å². The molecular weight excluding hydrogens is 338 g/mol. The standard InChI is InChI=1S/C20H19N7/c21-9-14-4-6-19-18(8-14)25-20(26-7-1-2-16(23)12-26)27(19)13-17-5-3-15(10-22)11-24-17/h3-6,8,11,16H,1-2,7,12-13,23H2. The number of benzene rings is 1. The van der Waals surface area contributed by atoms with Crippen LogP contribution in [0.5, 0.6) is 0 Å². The number of pyridine rings is 1. The third-order valence-electron chi connectivity index (χ3n) is 4.87. The van der Waals surface area contributed by atoms with Gasteiger partial charge in [0.2, 0.25) is 5.95 Å². The lowest BCUT2D eigenvalue weighted by Crippen LogP contribution is -2.44. The zero-order valence-corrected chi connectivity index (χ0v) is 14.8. The molecule has 134 valence electrons. The first kappa shape index (κ1) is 17.0. The molecule has 3 heterocycles. The van der Waals surface area contributed by atoms with Gasteiger partial charge in [-0.1, -0.05) is 0 Å². The zero-order chi connectivity index (χ0) is 18.8. The van der Waals surface area contributed by atoms with Crippen LogP contribution in [0.2, 0.25) is 0 Å². The van der Waals surface area contributed by atoms with Crippen LogP contribution in [0.3, 0.4) is 0 Å². The second kappa shape index (κ2) is 7.06. The maximum absolute atomic E-state index is 9.19. The van der Waals surface area contributed by atoms with Crippen LogP contribution in [-0.4, -0.2) is 33.7 Å². The van der Waals surface area contributed by atoms with E-state index in [9.17, 15) is 5.26 Å². The van der Waals surface area contributed by atoms with Crippen molar-refractivity contribution in [1.82, 2.24) is 14.5 Å². The third-order valence-corrected chi connectivity index (χ3v) is 4.87. The van der Waals surface area contributed by atoms with Gasteiger partial charge in [-0.15, -0.1) is 0 Å². The van der Waals surface area contributed by atoms with Gasteiger partial charge in [0, 0.05) is 25.3 Å². The highest BCUT2D eigenvalue weighted by molar-refractivity contribution is 5.80. The van der Waals surface area contributed by atoms with E-state index in [0.717, 1.165) is 48.6 Å². The number of nitriles is 2. The Balaban J connectivity index is 1.78. The van der Waals surface area contributed by atoms with E-state index in [1.807, 2.05) is 18.2 Å². The molecule has 0 spiro atoms. The minimum absolute atomic E-state index is 0.134. The molecule has 2 aromatic heterocycles. The summed E-state index contributed by atoms with van der Waals surface area (Å²) in [6.07, 6.45) is 3.63. The van der Waals surface area contributed by atoms with E-state index in [0.29, 0.717) is 17.7 Å². The van der Waals surface area contributed by atoms with Gasteiger partial charge >= 0.3 is 0 Å². The predicted molar refractivity (Wildman–Crippen MR) is 102 cm³/mol. The Bertz CT molecular complexity index is 1050. The Hall–Kier alpha value is -3.42. The Morgan fingerprint density at radius 3 is 2.67 bits per heavy atom. The van der Waals surface area contributed by atoms with Gasteiger partial charge in [-0.25, -0.2) is 4.98 Å². The molecule has 1 aliphatic rings. The lowest BCUT2D eigenvalue weighted by atomic mass is 10.1. The molecule has 0 saturated carbocycles. The highest BCUT2D eigenvalue weighted by atomic mass is 15.3. The number of hydrogen-bond acceptors (Lipinski definition) is 6. The molecule has 0 aliphatic carbocycles. The van der Waals surface area contributed by atoms with Crippen molar-refractivity contribution in [3.8, 4) is 12.1 Å². The van der Waals surface area contributed by atoms with Crippen LogP contribution in [0, 0.1) is 22.7 Å². The zero-order valence-electron chi connectivity index (χ0n) is 14.8. The predicted octanol–water partition coefficient (Wildman–Crippen LogP) is 2.15. The number of fused-ring (bicyclic) bond motifs is 1. The van der Waals surface area contributed by atoms with Crippen molar-refractivity contribution in [1.29, 1.82) is 10.5 Å². The SMILES string of the molecule is N#Cc1ccc(Cn2c(N3CCCC(N)C3)nc3cc(C#N)ccc32)nc1. The summed E-state index contributed by atoms with van der Waals surface area (Å²) in [6.45, 7) is 2.20. The molecular formula is C20H19N7. The first-order chi connectivity index (χ1) is 13.2. The molecule has 1 fully saturated rings. The van der Waals surface area contributed by atoms with Crippen LogP contribution in [0.25, 0.3) is 11.0 Å². The second-order valence-corrected chi connectivity index (χ2v) is 6.81. The largest absolute Gasteiger partial charge is 0.341 e. The normalized spacial score (nSPS) is 16.9. The fourth-order valence-electron chi connectivity index (χ4n) is 3.52. The van der Waals surface area contributed by atoms with Gasteiger partial charge in [-0.05, 0) is 43.2 Å². The van der Waals surface area contributed by atoms with Crippen LogP contribution < -0.4 is 10.6 Å². The van der Waals surface area contributed by atoms with Gasteiger partial charge in [0.05, 0.1) is 40.5 Å². The molecule has 7 heteroatoms. The fraction of sp³-hybridized carbons (Fsp3) is 0.300. The number of anilines is 1. The average molecular weight is 357 g/mol. The van der Waals surface area contributed by atoms with Crippen LogP contribution in [0.4, 0.5) is 5.95 Å². The summed E-state index contributed by atoms with van der Waals surface area (Å²) in [5.74, 6) is 0.849. The lowest BCUT2D eigenvalue weighted by Gasteiger charge is -2.32. The molecule has 2 N–H and O–H groups in total. The summed E-state index contributed by atoms with van der Waals surface area (Å²) in [6, 6.07) is 13.6. The number of aromatic nitrogens is 3. The molecule has 1 saturated heterocycles. The Labute approximate surface area is 157 Å². The van der Waals surface area contributed by atoms with Gasteiger partial charge in [0.1, 0.15) is 6.07 Å². The topological polar surface area (TPSA) is 108 Å². The van der Waals surface area contributed by atoms with E-state index in [1.165, 1.54) is 0 Å². The van der Waals surface area contributed by atoms with Gasteiger partial charge in [-0.3, -0.25) is 4.98 Å². The molecule has 7 nitrogen and oxygen atoms in total. The third kappa shape index (κ3) is 3.33. The summed E-state index contributed by atoms with van der Waals surface area (Å²) in [4.78, 5) is 11.4. The molecule has 1 aromatic carbocycles. The molecule has 27 heavy (non-hydrogen) atoms. The second-order valence-electron chi connectivity index (χ2n) is 6.81. The van der Waals surface area contributed by atoms with Crippen LogP contribution in [0.1, 0.15) is 29.7 Å². The first-order valence-electron chi connectivity index (χ1n) is 8.94. The highest BCUT2D eigenvalue weighted by Gasteiger charge is 2.23. The van der Waals surface area contributed by atoms with E-state index in [-0.39, 0.29) is 6.04 Å². The molecule has 0 radical (unpaired) electrons. The summed E-state index contributed by atoms with van der Waals surface area (Å²) < 4.78 is 2.11. The summed E-state index contributed by atoms with van der Waals surface area (Å²) in [5.41, 5.74) is 9.89. The molecule has 0 bridgehead atoms. The van der Waals surface area contributed by atoms with Gasteiger partial charge < -0.3 is 15.2 Å². The summed E-state index contributed by atoms with van der Waals surface area (Å²) in [7, 11) is 0. The number of piperidine rings is 1. The number of imidazole rings is 1. The monoisotopic (exact) mass is 357 g/mol. The average Bonchev–Trinajstić information content (AvgIpc) is 3.06. The van der Waals surface area contributed by atoms with Gasteiger partial charge in [0.25, 0.3) is 0 Å². The summed E-state index contributed by atoms with van der Waals surface area (Å²) in [5, 5.41) is 18.2. The minimum atomic E-state index is 0.134. The van der Waals surface area contributed by atoms with E-state index >= 15 is 0 Å². The molecule has 1 unspecified atom stereocenters. The maximum Gasteiger partial charge on any atom is 0.206 e. The van der Waals surface area contributed by atoms with Crippen molar-refractivity contribution in [2.45, 2.75) is 25.4 Å². The molecule has 0 amide bonds. The van der Waals surface area contributed by atoms with Crippen molar-refractivity contribution < 1.29 is 0 Å². The van der Waals surface area contributed by atoms with E-state index in [1.54, 1.807) is 18.3 Å². The summed E-state index contributed by atoms with van der Waals surface area (Å²) >= 11 is 0. The van der Waals surface area contributed by atoms with E-state index in [2.05, 4.69) is 26.6 Å². The quantitative estimate of drug-likeness (QED) is 0.769. The smallest absolute Gasteiger partial charge is 0.206 e. The molecule has 1 aliphatic heterocycles.